The molecule has 1 aromatic rings. The number of nitrogens with zero attached hydrogens (tertiary/aromatic N) is 2. The molecule has 104 valence electrons. The highest BCUT2D eigenvalue weighted by Gasteiger charge is 2.29. The number of nitrogens with one attached hydrogen (secondary N) is 1. The van der Waals surface area contributed by atoms with Crippen LogP contribution in [0.3, 0.4) is 0 Å². The van der Waals surface area contributed by atoms with Crippen molar-refractivity contribution in [3.05, 3.63) is 23.9 Å². The van der Waals surface area contributed by atoms with Crippen molar-refractivity contribution in [2.75, 3.05) is 31.2 Å². The van der Waals surface area contributed by atoms with E-state index in [1.54, 1.807) is 6.20 Å². The minimum atomic E-state index is -0.441. The van der Waals surface area contributed by atoms with Crippen molar-refractivity contribution in [1.82, 2.24) is 10.3 Å². The van der Waals surface area contributed by atoms with Gasteiger partial charge in [-0.1, -0.05) is 13.0 Å². The second-order valence-electron chi connectivity index (χ2n) is 4.45. The van der Waals surface area contributed by atoms with E-state index < -0.39 is 6.04 Å². The van der Waals surface area contributed by atoms with Gasteiger partial charge in [-0.3, -0.25) is 4.79 Å². The second kappa shape index (κ2) is 6.49. The van der Waals surface area contributed by atoms with Crippen molar-refractivity contribution < 1.29 is 9.53 Å². The van der Waals surface area contributed by atoms with E-state index in [0.717, 1.165) is 24.5 Å². The van der Waals surface area contributed by atoms with Crippen LogP contribution in [0.1, 0.15) is 12.5 Å². The fraction of sp³-hybridized carbons (Fsp3) is 0.538. The molecule has 0 aliphatic carbocycles. The highest BCUT2D eigenvalue weighted by atomic mass is 16.5. The van der Waals surface area contributed by atoms with Crippen LogP contribution >= 0.6 is 0 Å². The summed E-state index contributed by atoms with van der Waals surface area (Å²) in [5.41, 5.74) is 6.51. The number of nitrogens with two attached hydrogens (primary N) is 1. The van der Waals surface area contributed by atoms with Crippen LogP contribution in [0.4, 0.5) is 5.82 Å². The van der Waals surface area contributed by atoms with E-state index in [1.165, 1.54) is 0 Å². The molecule has 0 saturated carbocycles. The van der Waals surface area contributed by atoms with Gasteiger partial charge in [-0.05, 0) is 12.6 Å². The Labute approximate surface area is 112 Å². The first-order chi connectivity index (χ1) is 9.24. The van der Waals surface area contributed by atoms with Crippen LogP contribution in [0.5, 0.6) is 0 Å². The quantitative estimate of drug-likeness (QED) is 0.775. The molecule has 0 aromatic carbocycles. The zero-order valence-corrected chi connectivity index (χ0v) is 11.1. The van der Waals surface area contributed by atoms with Crippen LogP contribution < -0.4 is 16.0 Å². The summed E-state index contributed by atoms with van der Waals surface area (Å²) in [7, 11) is 0. The van der Waals surface area contributed by atoms with Gasteiger partial charge in [0.15, 0.2) is 0 Å². The predicted octanol–water partition coefficient (Wildman–Crippen LogP) is -0.118. The minimum absolute atomic E-state index is 0.326. The van der Waals surface area contributed by atoms with E-state index in [2.05, 4.69) is 17.2 Å². The summed E-state index contributed by atoms with van der Waals surface area (Å²) in [6.07, 6.45) is 1.73. The maximum atomic E-state index is 11.5. The Morgan fingerprint density at radius 2 is 2.53 bits per heavy atom. The van der Waals surface area contributed by atoms with Gasteiger partial charge in [-0.25, -0.2) is 4.98 Å². The summed E-state index contributed by atoms with van der Waals surface area (Å²) in [5.74, 6) is 0.440. The van der Waals surface area contributed by atoms with Gasteiger partial charge in [0.25, 0.3) is 0 Å². The van der Waals surface area contributed by atoms with Crippen LogP contribution in [0.25, 0.3) is 0 Å². The number of morpholine rings is 1. The molecule has 0 bridgehead atoms. The summed E-state index contributed by atoms with van der Waals surface area (Å²) in [5, 5.41) is 3.27. The fourth-order valence-corrected chi connectivity index (χ4v) is 2.18. The van der Waals surface area contributed by atoms with Crippen molar-refractivity contribution >= 4 is 11.7 Å². The molecule has 1 fully saturated rings. The Balaban J connectivity index is 2.25. The first-order valence-corrected chi connectivity index (χ1v) is 6.52. The van der Waals surface area contributed by atoms with E-state index >= 15 is 0 Å². The lowest BCUT2D eigenvalue weighted by atomic mass is 10.1. The standard InChI is InChI=1S/C13H20N4O2/c1-2-15-8-10-4-3-5-16-13(10)17-6-7-19-9-11(17)12(14)18/h3-5,11,15H,2,6-9H2,1H3,(H2,14,18). The molecular formula is C13H20N4O2. The molecule has 2 rings (SSSR count). The third-order valence-corrected chi connectivity index (χ3v) is 3.16. The zero-order valence-electron chi connectivity index (χ0n) is 11.1. The number of carbonyl (C=O) groups excluding carboxylic acids is 1. The number of hydrogen-bond acceptors (Lipinski definition) is 5. The van der Waals surface area contributed by atoms with Crippen molar-refractivity contribution in [1.29, 1.82) is 0 Å². The number of primary amides is 1. The Bertz CT molecular complexity index is 438. The van der Waals surface area contributed by atoms with Crippen LogP contribution in [0.15, 0.2) is 18.3 Å². The fourth-order valence-electron chi connectivity index (χ4n) is 2.18. The average Bonchev–Trinajstić information content (AvgIpc) is 2.45. The Hall–Kier alpha value is -1.66. The van der Waals surface area contributed by atoms with Crippen LogP contribution in [-0.2, 0) is 16.1 Å². The Kier molecular flexibility index (Phi) is 4.70. The zero-order chi connectivity index (χ0) is 13.7. The molecule has 0 spiro atoms. The molecule has 1 aromatic heterocycles. The minimum Gasteiger partial charge on any atom is -0.377 e. The van der Waals surface area contributed by atoms with Crippen molar-refractivity contribution in [3.8, 4) is 0 Å². The summed E-state index contributed by atoms with van der Waals surface area (Å²) < 4.78 is 5.33. The van der Waals surface area contributed by atoms with Gasteiger partial charge < -0.3 is 20.7 Å². The van der Waals surface area contributed by atoms with Gasteiger partial charge >= 0.3 is 0 Å². The largest absolute Gasteiger partial charge is 0.377 e. The topological polar surface area (TPSA) is 80.5 Å². The predicted molar refractivity (Wildman–Crippen MR) is 72.8 cm³/mol. The number of aromatic nitrogens is 1. The molecule has 1 saturated heterocycles. The third-order valence-electron chi connectivity index (χ3n) is 3.16. The SMILES string of the molecule is CCNCc1cccnc1N1CCOCC1C(N)=O. The number of carbonyl (C=O) groups is 1. The lowest BCUT2D eigenvalue weighted by molar-refractivity contribution is -0.121. The second-order valence-corrected chi connectivity index (χ2v) is 4.45. The smallest absolute Gasteiger partial charge is 0.242 e. The van der Waals surface area contributed by atoms with E-state index in [0.29, 0.717) is 19.8 Å². The van der Waals surface area contributed by atoms with Gasteiger partial charge in [-0.15, -0.1) is 0 Å². The van der Waals surface area contributed by atoms with Crippen LogP contribution in [0.2, 0.25) is 0 Å². The number of amides is 1. The lowest BCUT2D eigenvalue weighted by Gasteiger charge is -2.35. The average molecular weight is 264 g/mol. The lowest BCUT2D eigenvalue weighted by Crippen LogP contribution is -2.53. The van der Waals surface area contributed by atoms with E-state index in [1.807, 2.05) is 17.0 Å². The highest BCUT2D eigenvalue weighted by molar-refractivity contribution is 5.84. The third kappa shape index (κ3) is 3.21. The molecule has 3 N–H and O–H groups in total. The molecule has 1 atom stereocenters. The first kappa shape index (κ1) is 13.8. The monoisotopic (exact) mass is 264 g/mol. The first-order valence-electron chi connectivity index (χ1n) is 6.52. The van der Waals surface area contributed by atoms with Crippen LogP contribution in [0, 0.1) is 0 Å². The molecule has 1 unspecified atom stereocenters. The maximum Gasteiger partial charge on any atom is 0.242 e. The molecule has 6 nitrogen and oxygen atoms in total. The normalized spacial score (nSPS) is 19.4. The van der Waals surface area contributed by atoms with Gasteiger partial charge in [0.05, 0.1) is 13.2 Å². The van der Waals surface area contributed by atoms with Crippen molar-refractivity contribution in [3.63, 3.8) is 0 Å². The molecule has 0 radical (unpaired) electrons. The van der Waals surface area contributed by atoms with Gasteiger partial charge in [0.1, 0.15) is 11.9 Å². The van der Waals surface area contributed by atoms with Crippen molar-refractivity contribution in [2.24, 2.45) is 5.73 Å². The van der Waals surface area contributed by atoms with E-state index in [4.69, 9.17) is 10.5 Å². The van der Waals surface area contributed by atoms with Crippen molar-refractivity contribution in [2.45, 2.75) is 19.5 Å². The maximum absolute atomic E-state index is 11.5. The Morgan fingerprint density at radius 3 is 3.26 bits per heavy atom. The Morgan fingerprint density at radius 1 is 1.68 bits per heavy atom. The number of rotatable bonds is 5. The van der Waals surface area contributed by atoms with E-state index in [9.17, 15) is 4.79 Å². The van der Waals surface area contributed by atoms with Gasteiger partial charge in [0, 0.05) is 24.8 Å². The number of pyridine rings is 1. The number of hydrogen-bond donors (Lipinski definition) is 2. The molecule has 19 heavy (non-hydrogen) atoms. The highest BCUT2D eigenvalue weighted by Crippen LogP contribution is 2.21. The molecule has 2 heterocycles. The molecular weight excluding hydrogens is 244 g/mol. The molecule has 6 heteroatoms. The van der Waals surface area contributed by atoms with Gasteiger partial charge in [0.2, 0.25) is 5.91 Å². The molecule has 1 amide bonds. The summed E-state index contributed by atoms with van der Waals surface area (Å²) >= 11 is 0. The summed E-state index contributed by atoms with van der Waals surface area (Å²) in [6, 6.07) is 3.47. The summed E-state index contributed by atoms with van der Waals surface area (Å²) in [4.78, 5) is 17.9. The number of ether oxygens (including phenoxy) is 1. The van der Waals surface area contributed by atoms with Gasteiger partial charge in [-0.2, -0.15) is 0 Å². The molecule has 1 aliphatic heterocycles. The number of anilines is 1. The summed E-state index contributed by atoms with van der Waals surface area (Å²) in [6.45, 7) is 5.20. The van der Waals surface area contributed by atoms with E-state index in [-0.39, 0.29) is 5.91 Å². The molecule has 1 aliphatic rings. The van der Waals surface area contributed by atoms with Crippen LogP contribution in [-0.4, -0.2) is 43.2 Å².